The average molecular weight is 298 g/mol. The third kappa shape index (κ3) is 2.76. The van der Waals surface area contributed by atoms with Crippen LogP contribution in [0.5, 0.6) is 0 Å². The van der Waals surface area contributed by atoms with Crippen molar-refractivity contribution in [3.63, 3.8) is 0 Å². The zero-order chi connectivity index (χ0) is 14.8. The fourth-order valence-corrected chi connectivity index (χ4v) is 2.63. The summed E-state index contributed by atoms with van der Waals surface area (Å²) in [5, 5.41) is 1.85. The third-order valence-corrected chi connectivity index (χ3v) is 4.07. The molecule has 106 valence electrons. The van der Waals surface area contributed by atoms with Crippen molar-refractivity contribution in [3.8, 4) is 0 Å². The smallest absolute Gasteiger partial charge is 0.0711 e. The van der Waals surface area contributed by atoms with Crippen LogP contribution < -0.4 is 11.3 Å². The van der Waals surface area contributed by atoms with Gasteiger partial charge in [0, 0.05) is 16.6 Å². The summed E-state index contributed by atoms with van der Waals surface area (Å²) in [5.41, 5.74) is 6.95. The highest BCUT2D eigenvalue weighted by Crippen LogP contribution is 2.27. The molecule has 3 N–H and O–H groups in total. The Hall–Kier alpha value is -1.94. The predicted octanol–water partition coefficient (Wildman–Crippen LogP) is 3.75. The Morgan fingerprint density at radius 1 is 1.10 bits per heavy atom. The Morgan fingerprint density at radius 3 is 2.62 bits per heavy atom. The van der Waals surface area contributed by atoms with Crippen LogP contribution in [-0.2, 0) is 0 Å². The van der Waals surface area contributed by atoms with Gasteiger partial charge in [0.15, 0.2) is 0 Å². The molecule has 0 amide bonds. The standard InChI is InChI=1S/C17H16ClN3/c1-11-4-5-13(9-15(11)18)17(21-19)14-7-6-12-3-2-8-20-16(12)10-14/h2-10,17,21H,19H2,1H3. The maximum atomic E-state index is 6.22. The first kappa shape index (κ1) is 14.0. The van der Waals surface area contributed by atoms with E-state index >= 15 is 0 Å². The fourth-order valence-electron chi connectivity index (χ4n) is 2.44. The van der Waals surface area contributed by atoms with E-state index in [4.69, 9.17) is 17.4 Å². The third-order valence-electron chi connectivity index (χ3n) is 3.66. The molecule has 3 aromatic rings. The van der Waals surface area contributed by atoms with Gasteiger partial charge in [-0.25, -0.2) is 5.43 Å². The maximum Gasteiger partial charge on any atom is 0.0711 e. The van der Waals surface area contributed by atoms with Gasteiger partial charge in [-0.3, -0.25) is 10.8 Å². The number of hydrogen-bond donors (Lipinski definition) is 2. The SMILES string of the molecule is Cc1ccc(C(NN)c2ccc3cccnc3c2)cc1Cl. The summed E-state index contributed by atoms with van der Waals surface area (Å²) in [6.07, 6.45) is 1.79. The van der Waals surface area contributed by atoms with Crippen molar-refractivity contribution in [1.29, 1.82) is 0 Å². The van der Waals surface area contributed by atoms with Crippen LogP contribution in [0, 0.1) is 6.92 Å². The van der Waals surface area contributed by atoms with Crippen LogP contribution in [0.25, 0.3) is 10.9 Å². The lowest BCUT2D eigenvalue weighted by molar-refractivity contribution is 0.637. The van der Waals surface area contributed by atoms with E-state index in [1.807, 2.05) is 43.3 Å². The predicted molar refractivity (Wildman–Crippen MR) is 87.1 cm³/mol. The average Bonchev–Trinajstić information content (AvgIpc) is 2.51. The molecule has 4 heteroatoms. The van der Waals surface area contributed by atoms with Crippen LogP contribution in [0.2, 0.25) is 5.02 Å². The number of fused-ring (bicyclic) bond motifs is 1. The second kappa shape index (κ2) is 5.82. The molecule has 3 rings (SSSR count). The van der Waals surface area contributed by atoms with Gasteiger partial charge in [-0.2, -0.15) is 0 Å². The van der Waals surface area contributed by atoms with Gasteiger partial charge in [-0.1, -0.05) is 41.9 Å². The molecule has 0 fully saturated rings. The van der Waals surface area contributed by atoms with E-state index < -0.39 is 0 Å². The molecule has 0 spiro atoms. The molecule has 0 aliphatic carbocycles. The summed E-state index contributed by atoms with van der Waals surface area (Å²) in [4.78, 5) is 4.39. The molecule has 0 bridgehead atoms. The molecule has 0 saturated carbocycles. The van der Waals surface area contributed by atoms with Gasteiger partial charge in [0.05, 0.1) is 11.6 Å². The quantitative estimate of drug-likeness (QED) is 0.572. The van der Waals surface area contributed by atoms with Gasteiger partial charge < -0.3 is 0 Å². The lowest BCUT2D eigenvalue weighted by Crippen LogP contribution is -2.28. The molecule has 1 aromatic heterocycles. The monoisotopic (exact) mass is 297 g/mol. The van der Waals surface area contributed by atoms with Crippen molar-refractivity contribution >= 4 is 22.5 Å². The number of nitrogens with two attached hydrogens (primary N) is 1. The molecule has 1 heterocycles. The van der Waals surface area contributed by atoms with Gasteiger partial charge in [0.2, 0.25) is 0 Å². The summed E-state index contributed by atoms with van der Waals surface area (Å²) < 4.78 is 0. The zero-order valence-corrected chi connectivity index (χ0v) is 12.4. The number of pyridine rings is 1. The first-order chi connectivity index (χ1) is 10.2. The van der Waals surface area contributed by atoms with Crippen LogP contribution in [0.3, 0.4) is 0 Å². The summed E-state index contributed by atoms with van der Waals surface area (Å²) >= 11 is 6.22. The van der Waals surface area contributed by atoms with E-state index in [9.17, 15) is 0 Å². The second-order valence-corrected chi connectivity index (χ2v) is 5.47. The Bertz CT molecular complexity index is 786. The molecule has 0 aliphatic rings. The highest BCUT2D eigenvalue weighted by molar-refractivity contribution is 6.31. The van der Waals surface area contributed by atoms with Crippen LogP contribution in [0.4, 0.5) is 0 Å². The number of nitrogens with zero attached hydrogens (tertiary/aromatic N) is 1. The molecule has 1 unspecified atom stereocenters. The maximum absolute atomic E-state index is 6.22. The minimum atomic E-state index is -0.116. The van der Waals surface area contributed by atoms with Crippen molar-refractivity contribution in [2.75, 3.05) is 0 Å². The van der Waals surface area contributed by atoms with Gasteiger partial charge in [0.25, 0.3) is 0 Å². The Balaban J connectivity index is 2.06. The number of halogens is 1. The van der Waals surface area contributed by atoms with Gasteiger partial charge >= 0.3 is 0 Å². The molecule has 3 nitrogen and oxygen atoms in total. The highest BCUT2D eigenvalue weighted by Gasteiger charge is 2.14. The number of rotatable bonds is 3. The lowest BCUT2D eigenvalue weighted by Gasteiger charge is -2.18. The summed E-state index contributed by atoms with van der Waals surface area (Å²) in [7, 11) is 0. The number of hydrazine groups is 1. The van der Waals surface area contributed by atoms with Crippen molar-refractivity contribution < 1.29 is 0 Å². The van der Waals surface area contributed by atoms with Crippen LogP contribution in [-0.4, -0.2) is 4.98 Å². The second-order valence-electron chi connectivity index (χ2n) is 5.06. The molecule has 21 heavy (non-hydrogen) atoms. The summed E-state index contributed by atoms with van der Waals surface area (Å²) in [6.45, 7) is 1.98. The molecule has 0 radical (unpaired) electrons. The lowest BCUT2D eigenvalue weighted by atomic mass is 9.97. The van der Waals surface area contributed by atoms with Crippen molar-refractivity contribution in [2.24, 2.45) is 5.84 Å². The zero-order valence-electron chi connectivity index (χ0n) is 11.7. The van der Waals surface area contributed by atoms with E-state index in [1.54, 1.807) is 6.20 Å². The molecular weight excluding hydrogens is 282 g/mol. The van der Waals surface area contributed by atoms with Gasteiger partial charge in [0.1, 0.15) is 0 Å². The summed E-state index contributed by atoms with van der Waals surface area (Å²) in [6, 6.07) is 16.0. The van der Waals surface area contributed by atoms with E-state index in [-0.39, 0.29) is 6.04 Å². The van der Waals surface area contributed by atoms with Crippen LogP contribution in [0.15, 0.2) is 54.7 Å². The first-order valence-electron chi connectivity index (χ1n) is 6.76. The minimum Gasteiger partial charge on any atom is -0.271 e. The van der Waals surface area contributed by atoms with Gasteiger partial charge in [-0.05, 0) is 41.8 Å². The van der Waals surface area contributed by atoms with Crippen molar-refractivity contribution in [3.05, 3.63) is 76.4 Å². The van der Waals surface area contributed by atoms with E-state index in [2.05, 4.69) is 22.5 Å². The van der Waals surface area contributed by atoms with Crippen molar-refractivity contribution in [2.45, 2.75) is 13.0 Å². The molecule has 1 atom stereocenters. The number of benzene rings is 2. The number of aryl methyl sites for hydroxylation is 1. The van der Waals surface area contributed by atoms with Gasteiger partial charge in [-0.15, -0.1) is 0 Å². The van der Waals surface area contributed by atoms with E-state index in [0.717, 1.165) is 32.6 Å². The number of nitrogens with one attached hydrogen (secondary N) is 1. The minimum absolute atomic E-state index is 0.116. The Morgan fingerprint density at radius 2 is 1.86 bits per heavy atom. The van der Waals surface area contributed by atoms with Crippen LogP contribution >= 0.6 is 11.6 Å². The van der Waals surface area contributed by atoms with Crippen LogP contribution in [0.1, 0.15) is 22.7 Å². The Labute approximate surface area is 128 Å². The first-order valence-corrected chi connectivity index (χ1v) is 7.13. The largest absolute Gasteiger partial charge is 0.271 e. The summed E-state index contributed by atoms with van der Waals surface area (Å²) in [5.74, 6) is 5.76. The number of hydrogen-bond acceptors (Lipinski definition) is 3. The number of aromatic nitrogens is 1. The normalized spacial score (nSPS) is 12.5. The van der Waals surface area contributed by atoms with E-state index in [1.165, 1.54) is 0 Å². The Kier molecular flexibility index (Phi) is 3.88. The topological polar surface area (TPSA) is 50.9 Å². The fraction of sp³-hybridized carbons (Fsp3) is 0.118. The molecular formula is C17H16ClN3. The van der Waals surface area contributed by atoms with E-state index in [0.29, 0.717) is 0 Å². The highest BCUT2D eigenvalue weighted by atomic mass is 35.5. The molecule has 2 aromatic carbocycles. The molecule has 0 saturated heterocycles. The van der Waals surface area contributed by atoms with Crippen molar-refractivity contribution in [1.82, 2.24) is 10.4 Å². The molecule has 0 aliphatic heterocycles.